The van der Waals surface area contributed by atoms with Crippen molar-refractivity contribution >= 4 is 5.82 Å². The van der Waals surface area contributed by atoms with Gasteiger partial charge in [-0.15, -0.1) is 0 Å². The maximum Gasteiger partial charge on any atom is 0.251 e. The maximum atomic E-state index is 11.2. The van der Waals surface area contributed by atoms with Crippen LogP contribution in [0.15, 0.2) is 23.0 Å². The molecule has 4 heteroatoms. The van der Waals surface area contributed by atoms with Gasteiger partial charge in [0.15, 0.2) is 0 Å². The third-order valence-electron chi connectivity index (χ3n) is 2.05. The van der Waals surface area contributed by atoms with Crippen LogP contribution in [0.5, 0.6) is 0 Å². The van der Waals surface area contributed by atoms with Crippen LogP contribution in [0.1, 0.15) is 13.3 Å². The van der Waals surface area contributed by atoms with Crippen LogP contribution in [-0.2, 0) is 7.05 Å². The molecule has 0 fully saturated rings. The van der Waals surface area contributed by atoms with E-state index >= 15 is 0 Å². The zero-order chi connectivity index (χ0) is 10.6. The van der Waals surface area contributed by atoms with Gasteiger partial charge in [-0.3, -0.25) is 9.36 Å². The lowest BCUT2D eigenvalue weighted by Crippen LogP contribution is -2.20. The lowest BCUT2D eigenvalue weighted by atomic mass is 10.3. The highest BCUT2D eigenvalue weighted by atomic mass is 16.3. The quantitative estimate of drug-likeness (QED) is 0.740. The lowest BCUT2D eigenvalue weighted by molar-refractivity contribution is 0.188. The molecule has 0 aliphatic rings. The summed E-state index contributed by atoms with van der Waals surface area (Å²) in [5.41, 5.74) is -0.0351. The van der Waals surface area contributed by atoms with Gasteiger partial charge < -0.3 is 10.4 Å². The summed E-state index contributed by atoms with van der Waals surface area (Å²) in [6, 6.07) is 5.07. The van der Waals surface area contributed by atoms with Crippen LogP contribution in [0.25, 0.3) is 0 Å². The minimum absolute atomic E-state index is 0.0351. The van der Waals surface area contributed by atoms with E-state index in [-0.39, 0.29) is 11.7 Å². The number of pyridine rings is 1. The van der Waals surface area contributed by atoms with Crippen molar-refractivity contribution < 1.29 is 5.11 Å². The van der Waals surface area contributed by atoms with Crippen molar-refractivity contribution in [2.24, 2.45) is 7.05 Å². The normalized spacial score (nSPS) is 12.5. The zero-order valence-electron chi connectivity index (χ0n) is 8.53. The number of nitrogens with one attached hydrogen (secondary N) is 1. The molecule has 0 aliphatic carbocycles. The predicted octanol–water partition coefficient (Wildman–Crippen LogP) is 0.568. The van der Waals surface area contributed by atoms with Gasteiger partial charge in [0.25, 0.3) is 5.56 Å². The van der Waals surface area contributed by atoms with Crippen LogP contribution in [0.3, 0.4) is 0 Å². The van der Waals surface area contributed by atoms with Crippen molar-refractivity contribution in [3.8, 4) is 0 Å². The molecule has 1 rings (SSSR count). The van der Waals surface area contributed by atoms with Crippen molar-refractivity contribution in [3.05, 3.63) is 28.6 Å². The maximum absolute atomic E-state index is 11.2. The van der Waals surface area contributed by atoms with Crippen LogP contribution in [0, 0.1) is 0 Å². The van der Waals surface area contributed by atoms with Crippen molar-refractivity contribution in [1.82, 2.24) is 4.57 Å². The Kier molecular flexibility index (Phi) is 3.71. The summed E-state index contributed by atoms with van der Waals surface area (Å²) in [6.07, 6.45) is 0.353. The fourth-order valence-corrected chi connectivity index (χ4v) is 1.15. The lowest BCUT2D eigenvalue weighted by Gasteiger charge is -2.10. The standard InChI is InChI=1S/C10H16N2O2/c1-8(13)6-7-11-9-4-3-5-10(14)12(9)2/h3-5,8,11,13H,6-7H2,1-2H3. The molecule has 0 amide bonds. The Morgan fingerprint density at radius 2 is 2.29 bits per heavy atom. The molecular formula is C10H16N2O2. The summed E-state index contributed by atoms with van der Waals surface area (Å²) in [5.74, 6) is 0.776. The van der Waals surface area contributed by atoms with E-state index in [1.807, 2.05) is 6.07 Å². The molecule has 0 saturated heterocycles. The molecule has 0 saturated carbocycles. The summed E-state index contributed by atoms with van der Waals surface area (Å²) in [6.45, 7) is 2.40. The molecule has 14 heavy (non-hydrogen) atoms. The fraction of sp³-hybridized carbons (Fsp3) is 0.500. The highest BCUT2D eigenvalue weighted by Crippen LogP contribution is 2.01. The van der Waals surface area contributed by atoms with Crippen molar-refractivity contribution in [1.29, 1.82) is 0 Å². The van der Waals surface area contributed by atoms with E-state index < -0.39 is 0 Å². The second-order valence-corrected chi connectivity index (χ2v) is 3.37. The van der Waals surface area contributed by atoms with Crippen molar-refractivity contribution in [2.45, 2.75) is 19.4 Å². The average molecular weight is 196 g/mol. The van der Waals surface area contributed by atoms with Crippen molar-refractivity contribution in [3.63, 3.8) is 0 Å². The second-order valence-electron chi connectivity index (χ2n) is 3.37. The van der Waals surface area contributed by atoms with Crippen molar-refractivity contribution in [2.75, 3.05) is 11.9 Å². The van der Waals surface area contributed by atoms with Gasteiger partial charge in [-0.1, -0.05) is 6.07 Å². The summed E-state index contributed by atoms with van der Waals surface area (Å²) in [4.78, 5) is 11.2. The third kappa shape index (κ3) is 2.88. The van der Waals surface area contributed by atoms with Gasteiger partial charge >= 0.3 is 0 Å². The number of rotatable bonds is 4. The molecule has 0 radical (unpaired) electrons. The number of nitrogens with zero attached hydrogens (tertiary/aromatic N) is 1. The summed E-state index contributed by atoms with van der Waals surface area (Å²) >= 11 is 0. The first-order chi connectivity index (χ1) is 6.61. The Balaban J connectivity index is 2.59. The molecule has 1 heterocycles. The first kappa shape index (κ1) is 10.8. The Morgan fingerprint density at radius 3 is 2.93 bits per heavy atom. The highest BCUT2D eigenvalue weighted by Gasteiger charge is 1.99. The molecule has 4 nitrogen and oxygen atoms in total. The van der Waals surface area contributed by atoms with Gasteiger partial charge in [0, 0.05) is 19.7 Å². The Hall–Kier alpha value is -1.29. The summed E-state index contributed by atoms with van der Waals surface area (Å²) in [5, 5.41) is 12.1. The number of aromatic nitrogens is 1. The van der Waals surface area contributed by atoms with E-state index in [2.05, 4.69) is 5.32 Å². The Bertz CT molecular complexity index is 344. The molecule has 1 atom stereocenters. The minimum atomic E-state index is -0.316. The molecule has 78 valence electrons. The summed E-state index contributed by atoms with van der Waals surface area (Å²) < 4.78 is 1.54. The zero-order valence-corrected chi connectivity index (χ0v) is 8.53. The molecule has 1 unspecified atom stereocenters. The molecule has 0 aliphatic heterocycles. The van der Waals surface area contributed by atoms with E-state index in [4.69, 9.17) is 5.11 Å². The molecule has 1 aromatic heterocycles. The van der Waals surface area contributed by atoms with E-state index in [9.17, 15) is 4.79 Å². The van der Waals surface area contributed by atoms with Gasteiger partial charge in [-0.2, -0.15) is 0 Å². The Labute approximate surface area is 83.2 Å². The molecular weight excluding hydrogens is 180 g/mol. The number of hydrogen-bond donors (Lipinski definition) is 2. The molecule has 0 aromatic carbocycles. The average Bonchev–Trinajstić information content (AvgIpc) is 2.12. The summed E-state index contributed by atoms with van der Waals surface area (Å²) in [7, 11) is 1.72. The third-order valence-corrected chi connectivity index (χ3v) is 2.05. The van der Waals surface area contributed by atoms with Gasteiger partial charge in [-0.05, 0) is 19.4 Å². The van der Waals surface area contributed by atoms with Gasteiger partial charge in [0.2, 0.25) is 0 Å². The fourth-order valence-electron chi connectivity index (χ4n) is 1.15. The SMILES string of the molecule is CC(O)CCNc1cccc(=O)n1C. The Morgan fingerprint density at radius 1 is 1.57 bits per heavy atom. The van der Waals surface area contributed by atoms with Crippen LogP contribution in [0.2, 0.25) is 0 Å². The highest BCUT2D eigenvalue weighted by molar-refractivity contribution is 5.34. The monoisotopic (exact) mass is 196 g/mol. The van der Waals surface area contributed by atoms with Crippen LogP contribution >= 0.6 is 0 Å². The topological polar surface area (TPSA) is 54.3 Å². The van der Waals surface area contributed by atoms with Crippen LogP contribution < -0.4 is 10.9 Å². The van der Waals surface area contributed by atoms with Gasteiger partial charge in [0.1, 0.15) is 5.82 Å². The smallest absolute Gasteiger partial charge is 0.251 e. The predicted molar refractivity (Wildman–Crippen MR) is 56.5 cm³/mol. The van der Waals surface area contributed by atoms with E-state index in [0.29, 0.717) is 13.0 Å². The molecule has 0 spiro atoms. The number of aliphatic hydroxyl groups is 1. The van der Waals surface area contributed by atoms with Gasteiger partial charge in [-0.25, -0.2) is 0 Å². The minimum Gasteiger partial charge on any atom is -0.393 e. The largest absolute Gasteiger partial charge is 0.393 e. The van der Waals surface area contributed by atoms with Crippen LogP contribution in [-0.4, -0.2) is 22.3 Å². The first-order valence-electron chi connectivity index (χ1n) is 4.69. The van der Waals surface area contributed by atoms with E-state index in [0.717, 1.165) is 5.82 Å². The number of hydrogen-bond acceptors (Lipinski definition) is 3. The molecule has 0 bridgehead atoms. The van der Waals surface area contributed by atoms with Gasteiger partial charge in [0.05, 0.1) is 6.10 Å². The molecule has 2 N–H and O–H groups in total. The first-order valence-corrected chi connectivity index (χ1v) is 4.69. The number of aliphatic hydroxyl groups excluding tert-OH is 1. The molecule has 1 aromatic rings. The van der Waals surface area contributed by atoms with E-state index in [1.54, 1.807) is 24.6 Å². The number of anilines is 1. The van der Waals surface area contributed by atoms with Crippen LogP contribution in [0.4, 0.5) is 5.82 Å². The van der Waals surface area contributed by atoms with E-state index in [1.165, 1.54) is 6.07 Å². The second kappa shape index (κ2) is 4.81.